The zero-order valence-electron chi connectivity index (χ0n) is 18.1. The number of aromatic nitrogens is 1. The number of nitriles is 1. The second-order valence-electron chi connectivity index (χ2n) is 7.75. The van der Waals surface area contributed by atoms with Gasteiger partial charge in [-0.1, -0.05) is 36.4 Å². The fraction of sp³-hybridized carbons (Fsp3) is 0.280. The van der Waals surface area contributed by atoms with Crippen molar-refractivity contribution in [1.82, 2.24) is 9.88 Å². The molecule has 3 heterocycles. The van der Waals surface area contributed by atoms with Gasteiger partial charge in [-0.2, -0.15) is 5.26 Å². The Balaban J connectivity index is 1.33. The number of ether oxygens (including phenoxy) is 1. The average molecular weight is 461 g/mol. The van der Waals surface area contributed by atoms with E-state index in [1.165, 1.54) is 11.3 Å². The molecule has 1 aliphatic rings. The van der Waals surface area contributed by atoms with Gasteiger partial charge >= 0.3 is 6.09 Å². The minimum Gasteiger partial charge on any atom is -0.449 e. The van der Waals surface area contributed by atoms with E-state index in [0.29, 0.717) is 49.3 Å². The summed E-state index contributed by atoms with van der Waals surface area (Å²) in [7, 11) is 0. The summed E-state index contributed by atoms with van der Waals surface area (Å²) < 4.78 is 5.43. The smallest absolute Gasteiger partial charge is 0.410 e. The van der Waals surface area contributed by atoms with Crippen LogP contribution in [-0.4, -0.2) is 35.0 Å². The fourth-order valence-corrected chi connectivity index (χ4v) is 4.98. The summed E-state index contributed by atoms with van der Waals surface area (Å²) in [4.78, 5) is 31.6. The molecule has 1 aromatic carbocycles. The van der Waals surface area contributed by atoms with Crippen LogP contribution in [0.3, 0.4) is 0 Å². The average Bonchev–Trinajstić information content (AvgIpc) is 3.20. The molecule has 0 fully saturated rings. The van der Waals surface area contributed by atoms with Crippen molar-refractivity contribution in [1.29, 1.82) is 5.26 Å². The number of hydrogen-bond donors (Lipinski definition) is 1. The van der Waals surface area contributed by atoms with Crippen LogP contribution in [0.1, 0.15) is 33.6 Å². The predicted molar refractivity (Wildman–Crippen MR) is 126 cm³/mol. The van der Waals surface area contributed by atoms with Gasteiger partial charge in [0.2, 0.25) is 5.91 Å². The molecular weight excluding hydrogens is 436 g/mol. The summed E-state index contributed by atoms with van der Waals surface area (Å²) in [6.07, 6.45) is 5.24. The summed E-state index contributed by atoms with van der Waals surface area (Å²) in [5.74, 6) is -0.124. The third-order valence-electron chi connectivity index (χ3n) is 5.50. The van der Waals surface area contributed by atoms with E-state index in [1.807, 2.05) is 42.5 Å². The Morgan fingerprint density at radius 1 is 1.15 bits per heavy atom. The summed E-state index contributed by atoms with van der Waals surface area (Å²) in [5, 5.41) is 13.1. The standard InChI is InChI=1S/C25H24N4O3S/c26-15-21-20-10-13-29(25(31)32-14-11-19-7-4-12-27-16-19)17-22(20)33-24(21)28-23(30)9-8-18-5-2-1-3-6-18/h1-7,12,16H,8-11,13-14,17H2,(H,28,30). The zero-order valence-corrected chi connectivity index (χ0v) is 18.9. The van der Waals surface area contributed by atoms with Crippen molar-refractivity contribution >= 4 is 28.3 Å². The van der Waals surface area contributed by atoms with Crippen LogP contribution in [0.15, 0.2) is 54.9 Å². The molecule has 0 saturated carbocycles. The van der Waals surface area contributed by atoms with E-state index in [4.69, 9.17) is 4.74 Å². The molecular formula is C25H24N4O3S. The van der Waals surface area contributed by atoms with Crippen molar-refractivity contribution in [3.63, 3.8) is 0 Å². The van der Waals surface area contributed by atoms with Crippen molar-refractivity contribution in [2.45, 2.75) is 32.2 Å². The van der Waals surface area contributed by atoms with Gasteiger partial charge in [-0.15, -0.1) is 11.3 Å². The Morgan fingerprint density at radius 3 is 2.73 bits per heavy atom. The quantitative estimate of drug-likeness (QED) is 0.566. The minimum absolute atomic E-state index is 0.124. The number of thiophene rings is 1. The molecule has 33 heavy (non-hydrogen) atoms. The number of nitrogens with one attached hydrogen (secondary N) is 1. The first-order valence-corrected chi connectivity index (χ1v) is 11.6. The van der Waals surface area contributed by atoms with E-state index in [1.54, 1.807) is 17.3 Å². The first-order valence-electron chi connectivity index (χ1n) is 10.8. The van der Waals surface area contributed by atoms with Crippen molar-refractivity contribution in [3.05, 3.63) is 82.0 Å². The number of pyridine rings is 1. The van der Waals surface area contributed by atoms with Gasteiger partial charge in [0.1, 0.15) is 11.1 Å². The Hall–Kier alpha value is -3.70. The molecule has 8 heteroatoms. The molecule has 3 aromatic rings. The Labute approximate surface area is 196 Å². The maximum atomic E-state index is 12.5. The van der Waals surface area contributed by atoms with Crippen LogP contribution in [0.4, 0.5) is 9.80 Å². The van der Waals surface area contributed by atoms with E-state index in [0.717, 1.165) is 21.6 Å². The maximum Gasteiger partial charge on any atom is 0.410 e. The highest BCUT2D eigenvalue weighted by atomic mass is 32.1. The van der Waals surface area contributed by atoms with Crippen molar-refractivity contribution in [2.24, 2.45) is 0 Å². The highest BCUT2D eigenvalue weighted by molar-refractivity contribution is 7.16. The number of amides is 2. The number of carbonyl (C=O) groups is 2. The number of fused-ring (bicyclic) bond motifs is 1. The van der Waals surface area contributed by atoms with E-state index < -0.39 is 0 Å². The number of carbonyl (C=O) groups excluding carboxylic acids is 2. The fourth-order valence-electron chi connectivity index (χ4n) is 3.75. The predicted octanol–water partition coefficient (Wildman–Crippen LogP) is 4.32. The monoisotopic (exact) mass is 460 g/mol. The van der Waals surface area contributed by atoms with Gasteiger partial charge in [0.25, 0.3) is 0 Å². The van der Waals surface area contributed by atoms with Gasteiger partial charge in [0, 0.05) is 36.7 Å². The largest absolute Gasteiger partial charge is 0.449 e. The molecule has 0 radical (unpaired) electrons. The maximum absolute atomic E-state index is 12.5. The molecule has 168 valence electrons. The lowest BCUT2D eigenvalue weighted by atomic mass is 10.0. The van der Waals surface area contributed by atoms with Gasteiger partial charge in [-0.25, -0.2) is 4.79 Å². The van der Waals surface area contributed by atoms with Crippen molar-refractivity contribution in [2.75, 3.05) is 18.5 Å². The number of benzene rings is 1. The molecule has 0 spiro atoms. The second-order valence-corrected chi connectivity index (χ2v) is 8.86. The highest BCUT2D eigenvalue weighted by Gasteiger charge is 2.28. The zero-order chi connectivity index (χ0) is 23.0. The first-order chi connectivity index (χ1) is 16.1. The van der Waals surface area contributed by atoms with Gasteiger partial charge in [-0.05, 0) is 35.6 Å². The van der Waals surface area contributed by atoms with Crippen LogP contribution in [0.5, 0.6) is 0 Å². The Morgan fingerprint density at radius 2 is 1.97 bits per heavy atom. The molecule has 1 aliphatic heterocycles. The topological polar surface area (TPSA) is 95.3 Å². The third-order valence-corrected chi connectivity index (χ3v) is 6.63. The van der Waals surface area contributed by atoms with Crippen LogP contribution in [0.2, 0.25) is 0 Å². The van der Waals surface area contributed by atoms with Crippen LogP contribution < -0.4 is 5.32 Å². The molecule has 0 aliphatic carbocycles. The van der Waals surface area contributed by atoms with Crippen LogP contribution >= 0.6 is 11.3 Å². The molecule has 2 aromatic heterocycles. The number of aryl methyl sites for hydroxylation is 1. The molecule has 1 N–H and O–H groups in total. The Kier molecular flexibility index (Phi) is 7.33. The third kappa shape index (κ3) is 5.76. The lowest BCUT2D eigenvalue weighted by molar-refractivity contribution is -0.116. The SMILES string of the molecule is N#Cc1c(NC(=O)CCc2ccccc2)sc2c1CCN(C(=O)OCCc1cccnc1)C2. The van der Waals surface area contributed by atoms with E-state index in [9.17, 15) is 14.9 Å². The molecule has 0 atom stereocenters. The van der Waals surface area contributed by atoms with E-state index in [2.05, 4.69) is 16.4 Å². The lowest BCUT2D eigenvalue weighted by Gasteiger charge is -2.26. The molecule has 4 rings (SSSR count). The second kappa shape index (κ2) is 10.7. The van der Waals surface area contributed by atoms with E-state index >= 15 is 0 Å². The number of anilines is 1. The summed E-state index contributed by atoms with van der Waals surface area (Å²) in [5.41, 5.74) is 3.53. The number of rotatable bonds is 7. The normalized spacial score (nSPS) is 12.5. The van der Waals surface area contributed by atoms with Crippen LogP contribution in [0.25, 0.3) is 0 Å². The number of hydrogen-bond acceptors (Lipinski definition) is 6. The summed E-state index contributed by atoms with van der Waals surface area (Å²) >= 11 is 1.37. The number of nitrogens with zero attached hydrogens (tertiary/aromatic N) is 3. The highest BCUT2D eigenvalue weighted by Crippen LogP contribution is 2.37. The lowest BCUT2D eigenvalue weighted by Crippen LogP contribution is -2.36. The van der Waals surface area contributed by atoms with Gasteiger partial charge in [0.05, 0.1) is 18.7 Å². The van der Waals surface area contributed by atoms with Crippen LogP contribution in [0, 0.1) is 11.3 Å². The minimum atomic E-state index is -0.370. The first kappa shape index (κ1) is 22.5. The molecule has 7 nitrogen and oxygen atoms in total. The molecule has 0 unspecified atom stereocenters. The van der Waals surface area contributed by atoms with Gasteiger partial charge in [0.15, 0.2) is 0 Å². The van der Waals surface area contributed by atoms with Crippen molar-refractivity contribution in [3.8, 4) is 6.07 Å². The molecule has 0 bridgehead atoms. The van der Waals surface area contributed by atoms with Crippen LogP contribution in [-0.2, 0) is 35.3 Å². The summed E-state index contributed by atoms with van der Waals surface area (Å²) in [6.45, 7) is 1.14. The molecule has 2 amide bonds. The van der Waals surface area contributed by atoms with Gasteiger partial charge < -0.3 is 15.0 Å². The van der Waals surface area contributed by atoms with E-state index in [-0.39, 0.29) is 18.6 Å². The van der Waals surface area contributed by atoms with Gasteiger partial charge in [-0.3, -0.25) is 9.78 Å². The summed E-state index contributed by atoms with van der Waals surface area (Å²) in [6, 6.07) is 15.8. The molecule has 0 saturated heterocycles. The Bertz CT molecular complexity index is 1160. The van der Waals surface area contributed by atoms with Crippen molar-refractivity contribution < 1.29 is 14.3 Å².